The van der Waals surface area contributed by atoms with Gasteiger partial charge in [-0.1, -0.05) is 6.07 Å². The Morgan fingerprint density at radius 2 is 2.00 bits per heavy atom. The third-order valence-electron chi connectivity index (χ3n) is 3.60. The minimum Gasteiger partial charge on any atom is -0.496 e. The average molecular weight is 267 g/mol. The highest BCUT2D eigenvalue weighted by Gasteiger charge is 2.21. The van der Waals surface area contributed by atoms with E-state index in [9.17, 15) is 5.26 Å². The van der Waals surface area contributed by atoms with Crippen molar-refractivity contribution in [2.75, 3.05) is 7.11 Å². The summed E-state index contributed by atoms with van der Waals surface area (Å²) in [4.78, 5) is 0. The molecule has 1 aromatic carbocycles. The van der Waals surface area contributed by atoms with Gasteiger partial charge in [0, 0.05) is 6.20 Å². The highest BCUT2D eigenvalue weighted by Crippen LogP contribution is 2.34. The fourth-order valence-corrected chi connectivity index (χ4v) is 2.47. The predicted molar refractivity (Wildman–Crippen MR) is 76.7 cm³/mol. The molecule has 20 heavy (non-hydrogen) atoms. The van der Waals surface area contributed by atoms with E-state index in [0.29, 0.717) is 5.69 Å². The van der Waals surface area contributed by atoms with E-state index < -0.39 is 5.92 Å². The molecule has 4 heteroatoms. The Bertz CT molecular complexity index is 660. The van der Waals surface area contributed by atoms with Gasteiger partial charge >= 0.3 is 0 Å². The van der Waals surface area contributed by atoms with Crippen LogP contribution in [0.4, 0.5) is 0 Å². The number of ether oxygens (including phenoxy) is 1. The van der Waals surface area contributed by atoms with Crippen LogP contribution in [0.5, 0.6) is 5.75 Å². The van der Waals surface area contributed by atoms with E-state index in [4.69, 9.17) is 4.74 Å². The molecule has 0 spiro atoms. The van der Waals surface area contributed by atoms with E-state index in [1.807, 2.05) is 32.9 Å². The second-order valence-corrected chi connectivity index (χ2v) is 4.78. The Balaban J connectivity index is 2.61. The fourth-order valence-electron chi connectivity index (χ4n) is 2.47. The number of nitriles is 1. The molecule has 0 fully saturated rings. The zero-order valence-electron chi connectivity index (χ0n) is 12.1. The molecule has 0 aliphatic carbocycles. The summed E-state index contributed by atoms with van der Waals surface area (Å²) in [5.41, 5.74) is 4.77. The van der Waals surface area contributed by atoms with Gasteiger partial charge in [-0.05, 0) is 55.2 Å². The van der Waals surface area contributed by atoms with Crippen molar-refractivity contribution >= 4 is 0 Å². The van der Waals surface area contributed by atoms with Crippen LogP contribution in [0.1, 0.15) is 33.9 Å². The number of methoxy groups -OCH3 is 1. The maximum absolute atomic E-state index is 9.52. The number of nitrogens with zero attached hydrogens (tertiary/aromatic N) is 3. The zero-order valence-corrected chi connectivity index (χ0v) is 12.1. The number of hydrogen-bond donors (Lipinski definition) is 0. The van der Waals surface area contributed by atoms with Crippen molar-refractivity contribution in [2.45, 2.75) is 26.7 Å². The molecule has 2 aromatic rings. The van der Waals surface area contributed by atoms with Crippen molar-refractivity contribution < 1.29 is 4.74 Å². The molecule has 1 unspecified atom stereocenters. The van der Waals surface area contributed by atoms with E-state index in [1.165, 1.54) is 0 Å². The van der Waals surface area contributed by atoms with Gasteiger partial charge in [0.15, 0.2) is 0 Å². The maximum atomic E-state index is 9.52. The molecule has 2 rings (SSSR count). The summed E-state index contributed by atoms with van der Waals surface area (Å²) in [6, 6.07) is 7.95. The predicted octanol–water partition coefficient (Wildman–Crippen LogP) is 3.07. The normalized spacial score (nSPS) is 11.8. The van der Waals surface area contributed by atoms with E-state index in [1.54, 1.807) is 19.4 Å². The highest BCUT2D eigenvalue weighted by molar-refractivity contribution is 5.52. The van der Waals surface area contributed by atoms with E-state index >= 15 is 0 Å². The number of rotatable bonds is 3. The summed E-state index contributed by atoms with van der Waals surface area (Å²) in [6.07, 6.45) is 1.61. The number of aromatic nitrogens is 2. The lowest BCUT2D eigenvalue weighted by Crippen LogP contribution is -2.07. The average Bonchev–Trinajstić information content (AvgIpc) is 2.46. The smallest absolute Gasteiger partial charge is 0.124 e. The molecule has 1 heterocycles. The minimum atomic E-state index is -0.410. The van der Waals surface area contributed by atoms with Crippen molar-refractivity contribution in [3.05, 3.63) is 52.3 Å². The first-order chi connectivity index (χ1) is 9.60. The van der Waals surface area contributed by atoms with E-state index in [2.05, 4.69) is 16.3 Å². The number of aryl methyl sites for hydroxylation is 1. The summed E-state index contributed by atoms with van der Waals surface area (Å²) in [7, 11) is 1.67. The van der Waals surface area contributed by atoms with E-state index in [0.717, 1.165) is 28.0 Å². The SMILES string of the molecule is COc1c(C)cc(C(C#N)c2cccnn2)c(C)c1C. The van der Waals surface area contributed by atoms with E-state index in [-0.39, 0.29) is 0 Å². The Labute approximate surface area is 119 Å². The molecule has 0 aliphatic heterocycles. The molecule has 0 amide bonds. The summed E-state index contributed by atoms with van der Waals surface area (Å²) in [5, 5.41) is 17.4. The minimum absolute atomic E-state index is 0.410. The molecule has 102 valence electrons. The Morgan fingerprint density at radius 1 is 1.25 bits per heavy atom. The summed E-state index contributed by atoms with van der Waals surface area (Å²) < 4.78 is 5.42. The topological polar surface area (TPSA) is 58.8 Å². The third kappa shape index (κ3) is 2.35. The summed E-state index contributed by atoms with van der Waals surface area (Å²) in [6.45, 7) is 6.00. The molecule has 1 atom stereocenters. The van der Waals surface area contributed by atoms with Crippen LogP contribution >= 0.6 is 0 Å². The molecule has 0 radical (unpaired) electrons. The van der Waals surface area contributed by atoms with Gasteiger partial charge in [0.1, 0.15) is 11.7 Å². The molecule has 0 N–H and O–H groups in total. The maximum Gasteiger partial charge on any atom is 0.124 e. The molecule has 4 nitrogen and oxygen atoms in total. The van der Waals surface area contributed by atoms with Crippen molar-refractivity contribution in [1.29, 1.82) is 5.26 Å². The second-order valence-electron chi connectivity index (χ2n) is 4.78. The Hall–Kier alpha value is -2.41. The van der Waals surface area contributed by atoms with Crippen LogP contribution in [0, 0.1) is 32.1 Å². The van der Waals surface area contributed by atoms with Crippen molar-refractivity contribution in [2.24, 2.45) is 0 Å². The van der Waals surface area contributed by atoms with Crippen LogP contribution in [0.25, 0.3) is 0 Å². The molecule has 0 saturated carbocycles. The summed E-state index contributed by atoms with van der Waals surface area (Å²) in [5.74, 6) is 0.467. The van der Waals surface area contributed by atoms with Gasteiger partial charge in [-0.25, -0.2) is 0 Å². The number of hydrogen-bond acceptors (Lipinski definition) is 4. The lowest BCUT2D eigenvalue weighted by Gasteiger charge is -2.18. The molecule has 0 bridgehead atoms. The van der Waals surface area contributed by atoms with Gasteiger partial charge in [0.2, 0.25) is 0 Å². The van der Waals surface area contributed by atoms with Gasteiger partial charge in [-0.2, -0.15) is 15.5 Å². The van der Waals surface area contributed by atoms with Crippen molar-refractivity contribution in [3.63, 3.8) is 0 Å². The summed E-state index contributed by atoms with van der Waals surface area (Å²) >= 11 is 0. The monoisotopic (exact) mass is 267 g/mol. The number of benzene rings is 1. The van der Waals surface area contributed by atoms with Gasteiger partial charge in [-0.15, -0.1) is 0 Å². The van der Waals surface area contributed by atoms with Crippen LogP contribution < -0.4 is 4.74 Å². The van der Waals surface area contributed by atoms with Crippen LogP contribution in [0.3, 0.4) is 0 Å². The molecule has 0 saturated heterocycles. The van der Waals surface area contributed by atoms with Crippen LogP contribution in [0.2, 0.25) is 0 Å². The first-order valence-electron chi connectivity index (χ1n) is 6.42. The highest BCUT2D eigenvalue weighted by atomic mass is 16.5. The van der Waals surface area contributed by atoms with Gasteiger partial charge < -0.3 is 4.74 Å². The lowest BCUT2D eigenvalue weighted by molar-refractivity contribution is 0.408. The van der Waals surface area contributed by atoms with Crippen molar-refractivity contribution in [3.8, 4) is 11.8 Å². The fraction of sp³-hybridized carbons (Fsp3) is 0.312. The van der Waals surface area contributed by atoms with Gasteiger partial charge in [0.05, 0.1) is 18.9 Å². The second kappa shape index (κ2) is 5.70. The van der Waals surface area contributed by atoms with Crippen LogP contribution in [0.15, 0.2) is 24.4 Å². The molecular weight excluding hydrogens is 250 g/mol. The van der Waals surface area contributed by atoms with Crippen LogP contribution in [-0.2, 0) is 0 Å². The Morgan fingerprint density at radius 3 is 2.55 bits per heavy atom. The molecule has 1 aromatic heterocycles. The largest absolute Gasteiger partial charge is 0.496 e. The van der Waals surface area contributed by atoms with Crippen molar-refractivity contribution in [1.82, 2.24) is 10.2 Å². The standard InChI is InChI=1S/C16H17N3O/c1-10-8-13(11(2)12(3)16(10)20-4)14(9-17)15-6-5-7-18-19-15/h5-8,14H,1-4H3. The quantitative estimate of drug-likeness (QED) is 0.857. The third-order valence-corrected chi connectivity index (χ3v) is 3.60. The molecular formula is C16H17N3O. The zero-order chi connectivity index (χ0) is 14.7. The molecule has 0 aliphatic rings. The van der Waals surface area contributed by atoms with Crippen LogP contribution in [-0.4, -0.2) is 17.3 Å². The lowest BCUT2D eigenvalue weighted by atomic mass is 9.88. The van der Waals surface area contributed by atoms with Gasteiger partial charge in [-0.3, -0.25) is 0 Å². The van der Waals surface area contributed by atoms with Gasteiger partial charge in [0.25, 0.3) is 0 Å². The Kier molecular flexibility index (Phi) is 3.99. The first kappa shape index (κ1) is 14.0. The first-order valence-corrected chi connectivity index (χ1v) is 6.42.